The summed E-state index contributed by atoms with van der Waals surface area (Å²) in [5.41, 5.74) is 4.71. The Labute approximate surface area is 231 Å². The number of amides is 1. The zero-order chi connectivity index (χ0) is 28.1. The zero-order valence-corrected chi connectivity index (χ0v) is 24.4. The molecular formula is C26H28BrN3O6S2. The van der Waals surface area contributed by atoms with Gasteiger partial charge < -0.3 is 4.18 Å². The van der Waals surface area contributed by atoms with E-state index in [4.69, 9.17) is 4.18 Å². The summed E-state index contributed by atoms with van der Waals surface area (Å²) in [6.45, 7) is 7.13. The molecule has 0 spiro atoms. The Balaban J connectivity index is 1.67. The van der Waals surface area contributed by atoms with Gasteiger partial charge in [0, 0.05) is 0 Å². The summed E-state index contributed by atoms with van der Waals surface area (Å²) in [6.07, 6.45) is 1.34. The Hall–Kier alpha value is -3.06. The van der Waals surface area contributed by atoms with Gasteiger partial charge >= 0.3 is 10.1 Å². The Bertz CT molecular complexity index is 1540. The summed E-state index contributed by atoms with van der Waals surface area (Å²) >= 11 is 3.29. The third kappa shape index (κ3) is 7.73. The van der Waals surface area contributed by atoms with Crippen molar-refractivity contribution in [1.29, 1.82) is 0 Å². The summed E-state index contributed by atoms with van der Waals surface area (Å²) in [4.78, 5) is 12.8. The van der Waals surface area contributed by atoms with Crippen molar-refractivity contribution in [1.82, 2.24) is 10.1 Å². The molecule has 0 aromatic heterocycles. The molecule has 0 aliphatic carbocycles. The molecule has 202 valence electrons. The van der Waals surface area contributed by atoms with Crippen LogP contribution < -0.4 is 14.3 Å². The summed E-state index contributed by atoms with van der Waals surface area (Å²) < 4.78 is 58.6. The molecule has 0 bridgehead atoms. The molecule has 0 radical (unpaired) electrons. The van der Waals surface area contributed by atoms with Gasteiger partial charge in [0.2, 0.25) is 10.0 Å². The minimum absolute atomic E-state index is 0.0288. The van der Waals surface area contributed by atoms with Crippen LogP contribution in [0.25, 0.3) is 0 Å². The number of aryl methyl sites for hydroxylation is 2. The van der Waals surface area contributed by atoms with Crippen molar-refractivity contribution in [3.05, 3.63) is 87.9 Å². The highest BCUT2D eigenvalue weighted by Gasteiger charge is 2.28. The van der Waals surface area contributed by atoms with Gasteiger partial charge in [-0.1, -0.05) is 49.2 Å². The number of benzene rings is 3. The lowest BCUT2D eigenvalue weighted by Crippen LogP contribution is -2.48. The van der Waals surface area contributed by atoms with Gasteiger partial charge in [0.25, 0.3) is 5.91 Å². The van der Waals surface area contributed by atoms with E-state index >= 15 is 0 Å². The molecule has 1 amide bonds. The molecule has 3 aromatic carbocycles. The Kier molecular flexibility index (Phi) is 9.47. The standard InChI is InChI=1S/C26H28BrN3O6S2/c1-17(2)25(30-37(32,33)21-10-5-18(3)6-11-21)26(31)29-28-16-20-9-14-24(23(27)15-20)36-38(34,35)22-12-7-19(4)8-13-22/h5-17,25,30H,1-4H3,(H,29,31)/b28-16-/t25-/m1/s1. The number of rotatable bonds is 10. The SMILES string of the molecule is Cc1ccc(S(=O)(=O)N[C@@H](C(=O)N/N=C\c2ccc(OS(=O)(=O)c3ccc(C)cc3)c(Br)c2)C(C)C)cc1. The Morgan fingerprint density at radius 3 is 1.97 bits per heavy atom. The predicted molar refractivity (Wildman–Crippen MR) is 149 cm³/mol. The van der Waals surface area contributed by atoms with Gasteiger partial charge in [0.15, 0.2) is 5.75 Å². The van der Waals surface area contributed by atoms with Crippen LogP contribution in [0.3, 0.4) is 0 Å². The number of halogens is 1. The van der Waals surface area contributed by atoms with Gasteiger partial charge in [-0.25, -0.2) is 13.8 Å². The number of hydrazone groups is 1. The van der Waals surface area contributed by atoms with E-state index in [0.717, 1.165) is 11.1 Å². The van der Waals surface area contributed by atoms with Gasteiger partial charge in [-0.05, 0) is 83.7 Å². The predicted octanol–water partition coefficient (Wildman–Crippen LogP) is 4.29. The normalized spacial score (nSPS) is 13.0. The van der Waals surface area contributed by atoms with Crippen molar-refractivity contribution >= 4 is 48.2 Å². The van der Waals surface area contributed by atoms with Crippen molar-refractivity contribution in [3.8, 4) is 5.75 Å². The van der Waals surface area contributed by atoms with Crippen LogP contribution in [0, 0.1) is 19.8 Å². The maximum Gasteiger partial charge on any atom is 0.339 e. The molecule has 2 N–H and O–H groups in total. The summed E-state index contributed by atoms with van der Waals surface area (Å²) in [5, 5.41) is 3.92. The average Bonchev–Trinajstić information content (AvgIpc) is 2.84. The summed E-state index contributed by atoms with van der Waals surface area (Å²) in [5.74, 6) is -0.904. The first-order valence-electron chi connectivity index (χ1n) is 11.5. The van der Waals surface area contributed by atoms with Crippen molar-refractivity contribution in [3.63, 3.8) is 0 Å². The zero-order valence-electron chi connectivity index (χ0n) is 21.2. The fraction of sp³-hybridized carbons (Fsp3) is 0.231. The molecule has 1 atom stereocenters. The molecular weight excluding hydrogens is 594 g/mol. The quantitative estimate of drug-likeness (QED) is 0.197. The highest BCUT2D eigenvalue weighted by Crippen LogP contribution is 2.28. The first-order chi connectivity index (χ1) is 17.8. The average molecular weight is 623 g/mol. The third-order valence-corrected chi connectivity index (χ3v) is 8.74. The van der Waals surface area contributed by atoms with Gasteiger partial charge in [0.1, 0.15) is 10.9 Å². The molecule has 9 nitrogen and oxygen atoms in total. The van der Waals surface area contributed by atoms with Gasteiger partial charge in [0.05, 0.1) is 15.6 Å². The third-order valence-electron chi connectivity index (χ3n) is 5.42. The fourth-order valence-corrected chi connectivity index (χ4v) is 6.10. The second kappa shape index (κ2) is 12.2. The maximum atomic E-state index is 12.7. The second-order valence-electron chi connectivity index (χ2n) is 8.93. The first-order valence-corrected chi connectivity index (χ1v) is 15.2. The number of sulfonamides is 1. The molecule has 0 aliphatic heterocycles. The van der Waals surface area contributed by atoms with Crippen LogP contribution in [-0.4, -0.2) is 35.0 Å². The van der Waals surface area contributed by atoms with Crippen LogP contribution in [-0.2, 0) is 24.9 Å². The fourth-order valence-electron chi connectivity index (χ4n) is 3.22. The number of carbonyl (C=O) groups is 1. The molecule has 0 heterocycles. The molecule has 3 aromatic rings. The summed E-state index contributed by atoms with van der Waals surface area (Å²) in [7, 11) is -7.95. The second-order valence-corrected chi connectivity index (χ2v) is 13.0. The molecule has 3 rings (SSSR count). The van der Waals surface area contributed by atoms with Crippen LogP contribution in [0.1, 0.15) is 30.5 Å². The Morgan fingerprint density at radius 1 is 0.895 bits per heavy atom. The lowest BCUT2D eigenvalue weighted by atomic mass is 10.1. The highest BCUT2D eigenvalue weighted by atomic mass is 79.9. The van der Waals surface area contributed by atoms with Gasteiger partial charge in [-0.15, -0.1) is 0 Å². The molecule has 38 heavy (non-hydrogen) atoms. The first kappa shape index (κ1) is 29.5. The topological polar surface area (TPSA) is 131 Å². The van der Waals surface area contributed by atoms with Crippen molar-refractivity contribution in [2.45, 2.75) is 43.5 Å². The van der Waals surface area contributed by atoms with Crippen LogP contribution in [0.4, 0.5) is 0 Å². The van der Waals surface area contributed by atoms with E-state index in [1.807, 2.05) is 13.8 Å². The van der Waals surface area contributed by atoms with Crippen molar-refractivity contribution in [2.24, 2.45) is 11.0 Å². The van der Waals surface area contributed by atoms with Crippen LogP contribution in [0.5, 0.6) is 5.75 Å². The van der Waals surface area contributed by atoms with Crippen LogP contribution in [0.15, 0.2) is 86.1 Å². The smallest absolute Gasteiger partial charge is 0.339 e. The van der Waals surface area contributed by atoms with E-state index in [9.17, 15) is 21.6 Å². The number of carbonyl (C=O) groups excluding carboxylic acids is 1. The van der Waals surface area contributed by atoms with Gasteiger partial charge in [-0.3, -0.25) is 4.79 Å². The van der Waals surface area contributed by atoms with E-state index in [0.29, 0.717) is 10.0 Å². The van der Waals surface area contributed by atoms with E-state index in [1.54, 1.807) is 50.2 Å². The van der Waals surface area contributed by atoms with E-state index in [-0.39, 0.29) is 21.5 Å². The largest absolute Gasteiger partial charge is 0.378 e. The van der Waals surface area contributed by atoms with Crippen molar-refractivity contribution < 1.29 is 25.8 Å². The Morgan fingerprint density at radius 2 is 1.45 bits per heavy atom. The molecule has 0 unspecified atom stereocenters. The van der Waals surface area contributed by atoms with Crippen LogP contribution in [0.2, 0.25) is 0 Å². The molecule has 0 fully saturated rings. The van der Waals surface area contributed by atoms with E-state index < -0.39 is 32.1 Å². The van der Waals surface area contributed by atoms with Gasteiger partial charge in [-0.2, -0.15) is 18.2 Å². The van der Waals surface area contributed by atoms with Crippen LogP contribution >= 0.6 is 15.9 Å². The minimum atomic E-state index is -4.03. The van der Waals surface area contributed by atoms with E-state index in [2.05, 4.69) is 31.2 Å². The molecule has 0 saturated carbocycles. The molecule has 12 heteroatoms. The number of hydrogen-bond donors (Lipinski definition) is 2. The monoisotopic (exact) mass is 621 g/mol. The minimum Gasteiger partial charge on any atom is -0.378 e. The number of nitrogens with one attached hydrogen (secondary N) is 2. The number of nitrogens with zero attached hydrogens (tertiary/aromatic N) is 1. The lowest BCUT2D eigenvalue weighted by molar-refractivity contribution is -0.123. The molecule has 0 aliphatic rings. The molecule has 0 saturated heterocycles. The highest BCUT2D eigenvalue weighted by molar-refractivity contribution is 9.10. The van der Waals surface area contributed by atoms with Crippen molar-refractivity contribution in [2.75, 3.05) is 0 Å². The number of hydrogen-bond acceptors (Lipinski definition) is 7. The summed E-state index contributed by atoms with van der Waals surface area (Å²) in [6, 6.07) is 16.1. The maximum absolute atomic E-state index is 12.7. The lowest BCUT2D eigenvalue weighted by Gasteiger charge is -2.20. The van der Waals surface area contributed by atoms with E-state index in [1.165, 1.54) is 36.5 Å².